The molecule has 2 aliphatic rings. The van der Waals surface area contributed by atoms with Gasteiger partial charge < -0.3 is 15.0 Å². The molecule has 182 valence electrons. The summed E-state index contributed by atoms with van der Waals surface area (Å²) >= 11 is 1.56. The van der Waals surface area contributed by atoms with Crippen LogP contribution in [0.25, 0.3) is 0 Å². The van der Waals surface area contributed by atoms with E-state index in [1.165, 1.54) is 5.56 Å². The number of piperidine rings is 1. The molecule has 1 aromatic heterocycles. The molecule has 1 aliphatic heterocycles. The van der Waals surface area contributed by atoms with Gasteiger partial charge in [0.1, 0.15) is 5.69 Å². The average Bonchev–Trinajstić information content (AvgIpc) is 3.38. The van der Waals surface area contributed by atoms with Crippen LogP contribution in [0.3, 0.4) is 0 Å². The number of hydrogen-bond donors (Lipinski definition) is 1. The van der Waals surface area contributed by atoms with E-state index in [4.69, 9.17) is 9.72 Å². The van der Waals surface area contributed by atoms with Crippen molar-refractivity contribution < 1.29 is 14.3 Å². The van der Waals surface area contributed by atoms with Crippen LogP contribution in [0.2, 0.25) is 0 Å². The fraction of sp³-hybridized carbons (Fsp3) is 0.519. The van der Waals surface area contributed by atoms with Gasteiger partial charge in [-0.15, -0.1) is 17.9 Å². The maximum atomic E-state index is 13.2. The monoisotopic (exact) mass is 481 g/mol. The molecule has 2 amide bonds. The van der Waals surface area contributed by atoms with Gasteiger partial charge in [0.15, 0.2) is 0 Å². The van der Waals surface area contributed by atoms with Crippen molar-refractivity contribution in [2.24, 2.45) is 0 Å². The minimum absolute atomic E-state index is 0.0172. The van der Waals surface area contributed by atoms with Gasteiger partial charge in [0.2, 0.25) is 5.91 Å². The quantitative estimate of drug-likeness (QED) is 0.545. The number of carbonyl (C=O) groups excluding carboxylic acids is 2. The summed E-state index contributed by atoms with van der Waals surface area (Å²) in [5.41, 5.74) is 1.76. The molecule has 1 aliphatic carbocycles. The zero-order valence-corrected chi connectivity index (χ0v) is 20.8. The van der Waals surface area contributed by atoms with Gasteiger partial charge in [-0.1, -0.05) is 36.4 Å². The lowest BCUT2D eigenvalue weighted by Crippen LogP contribution is -2.45. The molecule has 6 nitrogen and oxygen atoms in total. The number of allylic oxidation sites excluding steroid dienone is 1. The summed E-state index contributed by atoms with van der Waals surface area (Å²) in [5.74, 6) is 0.673. The molecule has 2 aromatic rings. The van der Waals surface area contributed by atoms with E-state index < -0.39 is 0 Å². The Morgan fingerprint density at radius 3 is 2.68 bits per heavy atom. The van der Waals surface area contributed by atoms with Gasteiger partial charge in [-0.25, -0.2) is 4.98 Å². The van der Waals surface area contributed by atoms with Crippen molar-refractivity contribution in [2.75, 3.05) is 20.2 Å². The molecule has 1 aromatic carbocycles. The van der Waals surface area contributed by atoms with E-state index in [0.29, 0.717) is 18.0 Å². The number of hydrogen-bond acceptors (Lipinski definition) is 5. The molecule has 34 heavy (non-hydrogen) atoms. The molecule has 1 N–H and O–H groups in total. The van der Waals surface area contributed by atoms with Crippen molar-refractivity contribution in [2.45, 2.75) is 68.9 Å². The second-order valence-electron chi connectivity index (χ2n) is 9.32. The molecular weight excluding hydrogens is 446 g/mol. The first kappa shape index (κ1) is 24.6. The highest BCUT2D eigenvalue weighted by atomic mass is 32.1. The number of rotatable bonds is 8. The van der Waals surface area contributed by atoms with Gasteiger partial charge in [-0.3, -0.25) is 9.59 Å². The molecule has 3 unspecified atom stereocenters. The molecule has 1 saturated heterocycles. The molecule has 3 atom stereocenters. The van der Waals surface area contributed by atoms with E-state index in [-0.39, 0.29) is 29.9 Å². The van der Waals surface area contributed by atoms with Crippen LogP contribution >= 0.6 is 11.3 Å². The van der Waals surface area contributed by atoms with Crippen LogP contribution in [0.4, 0.5) is 0 Å². The summed E-state index contributed by atoms with van der Waals surface area (Å²) in [6.07, 6.45) is 7.78. The Labute approximate surface area is 206 Å². The van der Waals surface area contributed by atoms with Crippen molar-refractivity contribution in [3.8, 4) is 0 Å². The summed E-state index contributed by atoms with van der Waals surface area (Å²) < 4.78 is 5.63. The van der Waals surface area contributed by atoms with E-state index >= 15 is 0 Å². The maximum absolute atomic E-state index is 13.2. The first-order valence-corrected chi connectivity index (χ1v) is 13.2. The van der Waals surface area contributed by atoms with Crippen molar-refractivity contribution in [1.82, 2.24) is 15.2 Å². The van der Waals surface area contributed by atoms with Gasteiger partial charge in [0.25, 0.3) is 5.91 Å². The lowest BCUT2D eigenvalue weighted by atomic mass is 9.78. The Hall–Kier alpha value is -2.51. The van der Waals surface area contributed by atoms with Gasteiger partial charge in [0.05, 0.1) is 11.1 Å². The maximum Gasteiger partial charge on any atom is 0.270 e. The number of amides is 2. The molecule has 4 rings (SSSR count). The Morgan fingerprint density at radius 1 is 1.21 bits per heavy atom. The highest BCUT2D eigenvalue weighted by Gasteiger charge is 2.33. The smallest absolute Gasteiger partial charge is 0.270 e. The summed E-state index contributed by atoms with van der Waals surface area (Å²) in [6.45, 7) is 5.20. The predicted molar refractivity (Wildman–Crippen MR) is 135 cm³/mol. The van der Waals surface area contributed by atoms with Gasteiger partial charge in [-0.2, -0.15) is 0 Å². The molecule has 0 bridgehead atoms. The molecule has 7 heteroatoms. The number of ether oxygens (including phenoxy) is 1. The van der Waals surface area contributed by atoms with Crippen LogP contribution < -0.4 is 5.32 Å². The molecular formula is C27H35N3O3S. The Balaban J connectivity index is 1.37. The molecule has 0 radical (unpaired) electrons. The number of likely N-dealkylation sites (tertiary alicyclic amines) is 1. The number of benzene rings is 1. The second-order valence-corrected chi connectivity index (χ2v) is 10.2. The normalized spacial score (nSPS) is 23.4. The Bertz CT molecular complexity index is 969. The molecule has 1 saturated carbocycles. The molecule has 2 fully saturated rings. The third-order valence-corrected chi connectivity index (χ3v) is 8.20. The fourth-order valence-corrected chi connectivity index (χ4v) is 6.16. The lowest BCUT2D eigenvalue weighted by Gasteiger charge is -2.36. The number of thiazole rings is 1. The zero-order valence-electron chi connectivity index (χ0n) is 19.9. The van der Waals surface area contributed by atoms with E-state index in [1.807, 2.05) is 16.3 Å². The summed E-state index contributed by atoms with van der Waals surface area (Å²) in [7, 11) is 1.75. The third kappa shape index (κ3) is 5.94. The zero-order chi connectivity index (χ0) is 23.9. The minimum atomic E-state index is -0.109. The topological polar surface area (TPSA) is 71.5 Å². The fourth-order valence-electron chi connectivity index (χ4n) is 5.19. The highest BCUT2D eigenvalue weighted by molar-refractivity contribution is 7.09. The SMILES string of the molecule is C=CCCC(=O)N1CCC(c2nc(C(=O)NC3CC(OC)CCC3c3ccccc3)cs2)CC1. The first-order valence-electron chi connectivity index (χ1n) is 12.3. The summed E-state index contributed by atoms with van der Waals surface area (Å²) in [5, 5.41) is 6.15. The van der Waals surface area contributed by atoms with Crippen LogP contribution in [-0.4, -0.2) is 54.0 Å². The van der Waals surface area contributed by atoms with Crippen LogP contribution in [0.5, 0.6) is 0 Å². The largest absolute Gasteiger partial charge is 0.381 e. The molecule has 0 spiro atoms. The van der Waals surface area contributed by atoms with Crippen LogP contribution in [-0.2, 0) is 9.53 Å². The van der Waals surface area contributed by atoms with Gasteiger partial charge >= 0.3 is 0 Å². The van der Waals surface area contributed by atoms with Gasteiger partial charge in [0, 0.05) is 49.9 Å². The lowest BCUT2D eigenvalue weighted by molar-refractivity contribution is -0.132. The number of carbonyl (C=O) groups is 2. The minimum Gasteiger partial charge on any atom is -0.381 e. The van der Waals surface area contributed by atoms with Crippen LogP contribution in [0.15, 0.2) is 48.4 Å². The van der Waals surface area contributed by atoms with Crippen molar-refractivity contribution in [3.05, 3.63) is 64.6 Å². The standard InChI is InChI=1S/C27H35N3O3S/c1-3-4-10-25(31)30-15-13-20(14-16-30)27-29-24(18-34-27)26(32)28-23-17-21(33-2)11-12-22(23)19-8-6-5-7-9-19/h3,5-9,18,20-23H,1,4,10-17H2,2H3,(H,28,32). The van der Waals surface area contributed by atoms with E-state index in [2.05, 4.69) is 36.2 Å². The van der Waals surface area contributed by atoms with Crippen LogP contribution in [0, 0.1) is 0 Å². The summed E-state index contributed by atoms with van der Waals surface area (Å²) in [6, 6.07) is 10.4. The number of aromatic nitrogens is 1. The Kier molecular flexibility index (Phi) is 8.51. The number of methoxy groups -OCH3 is 1. The first-order chi connectivity index (χ1) is 16.6. The van der Waals surface area contributed by atoms with Crippen LogP contribution in [0.1, 0.15) is 77.8 Å². The van der Waals surface area contributed by atoms with Crippen molar-refractivity contribution in [3.63, 3.8) is 0 Å². The van der Waals surface area contributed by atoms with Crippen molar-refractivity contribution in [1.29, 1.82) is 0 Å². The third-order valence-electron chi connectivity index (χ3n) is 7.19. The van der Waals surface area contributed by atoms with E-state index in [9.17, 15) is 9.59 Å². The Morgan fingerprint density at radius 2 is 1.97 bits per heavy atom. The van der Waals surface area contributed by atoms with E-state index in [0.717, 1.165) is 56.6 Å². The number of nitrogens with zero attached hydrogens (tertiary/aromatic N) is 2. The van der Waals surface area contributed by atoms with Gasteiger partial charge in [-0.05, 0) is 44.1 Å². The van der Waals surface area contributed by atoms with Crippen molar-refractivity contribution >= 4 is 23.2 Å². The molecule has 2 heterocycles. The van der Waals surface area contributed by atoms with E-state index in [1.54, 1.807) is 24.5 Å². The highest BCUT2D eigenvalue weighted by Crippen LogP contribution is 2.35. The average molecular weight is 482 g/mol. The number of nitrogens with one attached hydrogen (secondary N) is 1. The summed E-state index contributed by atoms with van der Waals surface area (Å²) in [4.78, 5) is 32.1. The predicted octanol–water partition coefficient (Wildman–Crippen LogP) is 4.90. The second kappa shape index (κ2) is 11.8.